The molecule has 0 bridgehead atoms. The number of hydrogen-bond donors (Lipinski definition) is 1. The zero-order chi connectivity index (χ0) is 12.0. The van der Waals surface area contributed by atoms with E-state index in [0.717, 1.165) is 0 Å². The third kappa shape index (κ3) is 2.85. The standard InChI is InChI=1S/C12H11NO3/c1-2-16-12(15)10(8-13)7-9-5-3-4-6-11(9)14/h3-7,14H,2H2,1H3. The molecule has 1 rings (SSSR count). The van der Waals surface area contributed by atoms with Crippen LogP contribution in [0.2, 0.25) is 0 Å². The Balaban J connectivity index is 3.02. The highest BCUT2D eigenvalue weighted by atomic mass is 16.5. The molecular formula is C12H11NO3. The molecular weight excluding hydrogens is 206 g/mol. The van der Waals surface area contributed by atoms with Crippen LogP contribution in [0.15, 0.2) is 29.8 Å². The van der Waals surface area contributed by atoms with E-state index < -0.39 is 5.97 Å². The summed E-state index contributed by atoms with van der Waals surface area (Å²) in [6.45, 7) is 1.87. The van der Waals surface area contributed by atoms with Crippen molar-refractivity contribution in [2.45, 2.75) is 6.92 Å². The lowest BCUT2D eigenvalue weighted by Crippen LogP contribution is -2.05. The van der Waals surface area contributed by atoms with Gasteiger partial charge in [-0.25, -0.2) is 4.79 Å². The third-order valence-electron chi connectivity index (χ3n) is 1.85. The quantitative estimate of drug-likeness (QED) is 0.476. The average Bonchev–Trinajstić information content (AvgIpc) is 2.28. The molecule has 0 aliphatic heterocycles. The minimum absolute atomic E-state index is 0.0135. The molecule has 0 amide bonds. The van der Waals surface area contributed by atoms with Crippen LogP contribution in [0.4, 0.5) is 0 Å². The highest BCUT2D eigenvalue weighted by Gasteiger charge is 2.10. The average molecular weight is 217 g/mol. The molecule has 4 nitrogen and oxygen atoms in total. The highest BCUT2D eigenvalue weighted by molar-refractivity contribution is 5.98. The molecule has 0 atom stereocenters. The third-order valence-corrected chi connectivity index (χ3v) is 1.85. The fourth-order valence-electron chi connectivity index (χ4n) is 1.11. The second-order valence-electron chi connectivity index (χ2n) is 2.95. The second-order valence-corrected chi connectivity index (χ2v) is 2.95. The van der Waals surface area contributed by atoms with Crippen molar-refractivity contribution in [3.8, 4) is 11.8 Å². The van der Waals surface area contributed by atoms with Gasteiger partial charge < -0.3 is 9.84 Å². The van der Waals surface area contributed by atoms with Gasteiger partial charge in [-0.1, -0.05) is 18.2 Å². The van der Waals surface area contributed by atoms with Crippen molar-refractivity contribution in [2.75, 3.05) is 6.61 Å². The van der Waals surface area contributed by atoms with Crippen LogP contribution in [-0.4, -0.2) is 17.7 Å². The molecule has 0 saturated carbocycles. The van der Waals surface area contributed by atoms with E-state index in [-0.39, 0.29) is 17.9 Å². The zero-order valence-electron chi connectivity index (χ0n) is 8.80. The van der Waals surface area contributed by atoms with Gasteiger partial charge in [-0.05, 0) is 19.1 Å². The van der Waals surface area contributed by atoms with E-state index in [0.29, 0.717) is 5.56 Å². The number of carbonyl (C=O) groups is 1. The predicted octanol–water partition coefficient (Wildman–Crippen LogP) is 1.86. The lowest BCUT2D eigenvalue weighted by molar-refractivity contribution is -0.137. The number of rotatable bonds is 3. The number of nitrogens with zero attached hydrogens (tertiary/aromatic N) is 1. The molecule has 0 aliphatic carbocycles. The Kier molecular flexibility index (Phi) is 4.10. The molecule has 82 valence electrons. The molecule has 0 aliphatic rings. The van der Waals surface area contributed by atoms with Crippen LogP contribution in [0.5, 0.6) is 5.75 Å². The number of esters is 1. The first kappa shape index (κ1) is 11.8. The second kappa shape index (κ2) is 5.56. The van der Waals surface area contributed by atoms with Gasteiger partial charge in [0, 0.05) is 5.56 Å². The lowest BCUT2D eigenvalue weighted by atomic mass is 10.1. The van der Waals surface area contributed by atoms with Crippen LogP contribution in [0.3, 0.4) is 0 Å². The summed E-state index contributed by atoms with van der Waals surface area (Å²) in [5.41, 5.74) is 0.274. The van der Waals surface area contributed by atoms with Crippen molar-refractivity contribution in [3.05, 3.63) is 35.4 Å². The number of phenolic OH excluding ortho intramolecular Hbond substituents is 1. The van der Waals surface area contributed by atoms with Crippen LogP contribution in [0.25, 0.3) is 6.08 Å². The first-order valence-corrected chi connectivity index (χ1v) is 4.76. The Morgan fingerprint density at radius 1 is 1.56 bits per heavy atom. The minimum Gasteiger partial charge on any atom is -0.507 e. The van der Waals surface area contributed by atoms with Gasteiger partial charge in [-0.2, -0.15) is 5.26 Å². The molecule has 0 aromatic heterocycles. The molecule has 0 heterocycles. The van der Waals surface area contributed by atoms with Gasteiger partial charge in [0.05, 0.1) is 6.61 Å². The lowest BCUT2D eigenvalue weighted by Gasteiger charge is -2.01. The summed E-state index contributed by atoms with van der Waals surface area (Å²) in [6, 6.07) is 8.17. The number of phenols is 1. The van der Waals surface area contributed by atoms with E-state index in [1.807, 2.05) is 0 Å². The van der Waals surface area contributed by atoms with Crippen molar-refractivity contribution in [3.63, 3.8) is 0 Å². The summed E-state index contributed by atoms with van der Waals surface area (Å²) >= 11 is 0. The fraction of sp³-hybridized carbons (Fsp3) is 0.167. The Morgan fingerprint density at radius 2 is 2.25 bits per heavy atom. The summed E-state index contributed by atoms with van der Waals surface area (Å²) in [5.74, 6) is -0.673. The Hall–Kier alpha value is -2.28. The number of ether oxygens (including phenoxy) is 1. The van der Waals surface area contributed by atoms with Crippen molar-refractivity contribution >= 4 is 12.0 Å². The number of carbonyl (C=O) groups excluding carboxylic acids is 1. The molecule has 1 aromatic rings. The van der Waals surface area contributed by atoms with Gasteiger partial charge in [-0.15, -0.1) is 0 Å². The van der Waals surface area contributed by atoms with Crippen LogP contribution in [0.1, 0.15) is 12.5 Å². The number of para-hydroxylation sites is 1. The van der Waals surface area contributed by atoms with E-state index >= 15 is 0 Å². The Bertz CT molecular complexity index is 458. The SMILES string of the molecule is CCOC(=O)C(C#N)=Cc1ccccc1O. The molecule has 0 spiro atoms. The van der Waals surface area contributed by atoms with Gasteiger partial charge in [0.2, 0.25) is 0 Å². The zero-order valence-corrected chi connectivity index (χ0v) is 8.80. The van der Waals surface area contributed by atoms with Crippen molar-refractivity contribution in [1.29, 1.82) is 5.26 Å². The van der Waals surface area contributed by atoms with Crippen LogP contribution in [0, 0.1) is 11.3 Å². The fourth-order valence-corrected chi connectivity index (χ4v) is 1.11. The van der Waals surface area contributed by atoms with E-state index in [1.54, 1.807) is 31.2 Å². The molecule has 16 heavy (non-hydrogen) atoms. The summed E-state index contributed by atoms with van der Waals surface area (Å²) in [7, 11) is 0. The van der Waals surface area contributed by atoms with Crippen LogP contribution in [-0.2, 0) is 9.53 Å². The van der Waals surface area contributed by atoms with Crippen molar-refractivity contribution in [1.82, 2.24) is 0 Å². The van der Waals surface area contributed by atoms with Gasteiger partial charge >= 0.3 is 5.97 Å². The van der Waals surface area contributed by atoms with E-state index in [9.17, 15) is 9.90 Å². The molecule has 1 aromatic carbocycles. The van der Waals surface area contributed by atoms with E-state index in [1.165, 1.54) is 12.1 Å². The topological polar surface area (TPSA) is 70.3 Å². The summed E-state index contributed by atoms with van der Waals surface area (Å²) in [6.07, 6.45) is 1.30. The molecule has 0 fully saturated rings. The number of hydrogen-bond acceptors (Lipinski definition) is 4. The number of nitriles is 1. The largest absolute Gasteiger partial charge is 0.507 e. The smallest absolute Gasteiger partial charge is 0.348 e. The molecule has 1 N–H and O–H groups in total. The van der Waals surface area contributed by atoms with Crippen molar-refractivity contribution in [2.24, 2.45) is 0 Å². The highest BCUT2D eigenvalue weighted by Crippen LogP contribution is 2.19. The maximum absolute atomic E-state index is 11.3. The predicted molar refractivity (Wildman–Crippen MR) is 58.3 cm³/mol. The molecule has 4 heteroatoms. The first-order valence-electron chi connectivity index (χ1n) is 4.76. The van der Waals surface area contributed by atoms with Gasteiger partial charge in [0.1, 0.15) is 17.4 Å². The Morgan fingerprint density at radius 3 is 2.81 bits per heavy atom. The molecule has 0 unspecified atom stereocenters. The monoisotopic (exact) mass is 217 g/mol. The molecule has 0 saturated heterocycles. The van der Waals surface area contributed by atoms with Gasteiger partial charge in [-0.3, -0.25) is 0 Å². The summed E-state index contributed by atoms with van der Waals surface area (Å²) in [5, 5.41) is 18.2. The summed E-state index contributed by atoms with van der Waals surface area (Å²) in [4.78, 5) is 11.3. The van der Waals surface area contributed by atoms with Crippen LogP contribution >= 0.6 is 0 Å². The normalized spacial score (nSPS) is 10.6. The van der Waals surface area contributed by atoms with E-state index in [4.69, 9.17) is 10.00 Å². The van der Waals surface area contributed by atoms with Gasteiger partial charge in [0.15, 0.2) is 0 Å². The first-order chi connectivity index (χ1) is 7.69. The number of aromatic hydroxyl groups is 1. The minimum atomic E-state index is -0.687. The molecule has 0 radical (unpaired) electrons. The Labute approximate surface area is 93.4 Å². The van der Waals surface area contributed by atoms with Gasteiger partial charge in [0.25, 0.3) is 0 Å². The summed E-state index contributed by atoms with van der Waals surface area (Å²) < 4.78 is 4.70. The van der Waals surface area contributed by atoms with E-state index in [2.05, 4.69) is 0 Å². The maximum Gasteiger partial charge on any atom is 0.348 e. The maximum atomic E-state index is 11.3. The van der Waals surface area contributed by atoms with Crippen molar-refractivity contribution < 1.29 is 14.6 Å². The number of benzene rings is 1. The van der Waals surface area contributed by atoms with Crippen LogP contribution < -0.4 is 0 Å².